The van der Waals surface area contributed by atoms with Crippen molar-refractivity contribution in [1.82, 2.24) is 4.72 Å². The zero-order valence-corrected chi connectivity index (χ0v) is 28.5. The van der Waals surface area contributed by atoms with E-state index in [0.717, 1.165) is 49.4 Å². The third-order valence-electron chi connectivity index (χ3n) is 10.8. The number of ketones is 1. The number of ether oxygens (including phenoxy) is 2. The smallest absolute Gasteiger partial charge is 0.264 e. The molecule has 2 aliphatic carbocycles. The Kier molecular flexibility index (Phi) is 9.57. The number of benzene rings is 2. The van der Waals surface area contributed by atoms with Gasteiger partial charge in [-0.1, -0.05) is 43.7 Å². The summed E-state index contributed by atoms with van der Waals surface area (Å²) in [6.45, 7) is 5.51. The van der Waals surface area contributed by atoms with Crippen LogP contribution in [0.15, 0.2) is 48.6 Å². The first-order valence-corrected chi connectivity index (χ1v) is 18.5. The fourth-order valence-corrected chi connectivity index (χ4v) is 9.87. The van der Waals surface area contributed by atoms with Crippen LogP contribution in [0.5, 0.6) is 5.75 Å². The average molecular weight is 669 g/mol. The second-order valence-corrected chi connectivity index (χ2v) is 16.1. The Morgan fingerprint density at radius 1 is 1.20 bits per heavy atom. The molecule has 0 unspecified atom stereocenters. The zero-order valence-electron chi connectivity index (χ0n) is 27.0. The van der Waals surface area contributed by atoms with Gasteiger partial charge in [0.15, 0.2) is 0 Å². The molecule has 10 heteroatoms. The first-order chi connectivity index (χ1) is 22.0. The van der Waals surface area contributed by atoms with Gasteiger partial charge in [-0.2, -0.15) is 0 Å². The van der Waals surface area contributed by atoms with Crippen molar-refractivity contribution >= 4 is 39.0 Å². The zero-order chi connectivity index (χ0) is 32.6. The largest absolute Gasteiger partial charge is 0.490 e. The highest BCUT2D eigenvalue weighted by Crippen LogP contribution is 2.47. The third kappa shape index (κ3) is 6.47. The Morgan fingerprint density at radius 2 is 2.02 bits per heavy atom. The van der Waals surface area contributed by atoms with Gasteiger partial charge in [-0.15, -0.1) is 0 Å². The van der Waals surface area contributed by atoms with Crippen molar-refractivity contribution in [3.8, 4) is 5.75 Å². The van der Waals surface area contributed by atoms with Crippen molar-refractivity contribution in [2.75, 3.05) is 31.7 Å². The summed E-state index contributed by atoms with van der Waals surface area (Å²) in [6.07, 6.45) is 9.54. The van der Waals surface area contributed by atoms with Crippen LogP contribution in [0.2, 0.25) is 5.02 Å². The van der Waals surface area contributed by atoms with Crippen molar-refractivity contribution in [2.45, 2.75) is 82.0 Å². The standard InChI is InChI=1S/C36H45ClN2O6S/c1-4-28(40)19-34-23(2)7-5-9-32(44-3)29-13-10-26(29)20-39-21-36(16-6-8-24-17-27(37)12-14-30(24)36)22-45-33-15-11-25(18-31(33)39)35(41)38-46(34,42)43/h5,9,11-12,14-15,17-18,23,26,29,32,34H,4,6-8,10,13,16,19-22H2,1-3H3,(H,38,41)/b9-5+/t23-,26+,29-,32+,34-,36+/m1/s1. The summed E-state index contributed by atoms with van der Waals surface area (Å²) in [5.41, 5.74) is 3.28. The SMILES string of the molecule is CCC(=O)C[C@@H]1[C@H](C)C/C=C/[C@H](OC)[C@@H]2CC[C@H]2CN2C[C@@]3(CCCc4cc(Cl)ccc43)COc3ccc(cc32)C(=O)NS1(=O)=O. The van der Waals surface area contributed by atoms with E-state index in [1.807, 2.05) is 19.1 Å². The monoisotopic (exact) mass is 668 g/mol. The molecule has 2 heterocycles. The van der Waals surface area contributed by atoms with E-state index < -0.39 is 21.2 Å². The van der Waals surface area contributed by atoms with Gasteiger partial charge >= 0.3 is 0 Å². The molecule has 248 valence electrons. The molecule has 1 fully saturated rings. The van der Waals surface area contributed by atoms with Gasteiger partial charge in [0.2, 0.25) is 10.0 Å². The number of hydrogen-bond acceptors (Lipinski definition) is 7. The highest BCUT2D eigenvalue weighted by Gasteiger charge is 2.44. The minimum Gasteiger partial charge on any atom is -0.490 e. The highest BCUT2D eigenvalue weighted by atomic mass is 35.5. The van der Waals surface area contributed by atoms with Crippen LogP contribution in [-0.4, -0.2) is 58.3 Å². The molecule has 6 atom stereocenters. The van der Waals surface area contributed by atoms with Gasteiger partial charge in [-0.3, -0.25) is 9.59 Å². The van der Waals surface area contributed by atoms with E-state index in [9.17, 15) is 18.0 Å². The first-order valence-electron chi connectivity index (χ1n) is 16.6. The molecule has 1 spiro atoms. The molecule has 2 aromatic rings. The normalized spacial score (nSPS) is 31.3. The number of hydrogen-bond donors (Lipinski definition) is 1. The second-order valence-electron chi connectivity index (χ2n) is 13.7. The number of carbonyl (C=O) groups is 2. The Morgan fingerprint density at radius 3 is 2.76 bits per heavy atom. The van der Waals surface area contributed by atoms with Crippen LogP contribution in [0.1, 0.15) is 80.3 Å². The van der Waals surface area contributed by atoms with E-state index in [2.05, 4.69) is 27.8 Å². The van der Waals surface area contributed by atoms with E-state index in [1.54, 1.807) is 32.2 Å². The molecule has 6 rings (SSSR count). The molecule has 2 aromatic carbocycles. The van der Waals surface area contributed by atoms with Crippen LogP contribution in [0.4, 0.5) is 5.69 Å². The van der Waals surface area contributed by atoms with Crippen LogP contribution >= 0.6 is 11.6 Å². The number of anilines is 1. The number of Topliss-reactive ketones (excluding diaryl/α,β-unsaturated/α-hetero) is 1. The summed E-state index contributed by atoms with van der Waals surface area (Å²) in [6, 6.07) is 11.4. The van der Waals surface area contributed by atoms with Crippen molar-refractivity contribution in [3.63, 3.8) is 0 Å². The summed E-state index contributed by atoms with van der Waals surface area (Å²) in [5, 5.41) is -0.310. The van der Waals surface area contributed by atoms with Gasteiger partial charge in [0, 0.05) is 49.0 Å². The number of halogens is 1. The van der Waals surface area contributed by atoms with Crippen LogP contribution in [-0.2, 0) is 31.4 Å². The lowest BCUT2D eigenvalue weighted by atomic mass is 9.68. The van der Waals surface area contributed by atoms with E-state index >= 15 is 0 Å². The van der Waals surface area contributed by atoms with Gasteiger partial charge in [-0.25, -0.2) is 13.1 Å². The molecule has 0 radical (unpaired) electrons. The lowest BCUT2D eigenvalue weighted by Crippen LogP contribution is -2.49. The summed E-state index contributed by atoms with van der Waals surface area (Å²) < 4.78 is 42.3. The molecule has 0 saturated heterocycles. The predicted molar refractivity (Wildman–Crippen MR) is 180 cm³/mol. The number of carbonyl (C=O) groups excluding carboxylic acids is 2. The maximum atomic E-state index is 13.7. The average Bonchev–Trinajstić information content (AvgIpc) is 3.17. The summed E-state index contributed by atoms with van der Waals surface area (Å²) in [4.78, 5) is 28.5. The number of aryl methyl sites for hydroxylation is 1. The topological polar surface area (TPSA) is 102 Å². The molecule has 0 aromatic heterocycles. The Labute approximate surface area is 277 Å². The van der Waals surface area contributed by atoms with E-state index in [0.29, 0.717) is 37.2 Å². The van der Waals surface area contributed by atoms with Crippen molar-refractivity contribution in [3.05, 3.63) is 70.3 Å². The third-order valence-corrected chi connectivity index (χ3v) is 13.0. The number of nitrogens with zero attached hydrogens (tertiary/aromatic N) is 1. The predicted octanol–water partition coefficient (Wildman–Crippen LogP) is 6.25. The van der Waals surface area contributed by atoms with Crippen molar-refractivity contribution in [2.24, 2.45) is 17.8 Å². The number of amides is 1. The van der Waals surface area contributed by atoms with E-state index in [1.165, 1.54) is 11.1 Å². The number of fused-ring (bicyclic) bond motifs is 4. The molecular formula is C36H45ClN2O6S. The van der Waals surface area contributed by atoms with Gasteiger partial charge in [0.1, 0.15) is 11.5 Å². The molecular weight excluding hydrogens is 624 g/mol. The van der Waals surface area contributed by atoms with Crippen LogP contribution in [0.25, 0.3) is 0 Å². The van der Waals surface area contributed by atoms with E-state index in [4.69, 9.17) is 21.1 Å². The van der Waals surface area contributed by atoms with Crippen molar-refractivity contribution < 1.29 is 27.5 Å². The van der Waals surface area contributed by atoms with Crippen molar-refractivity contribution in [1.29, 1.82) is 0 Å². The van der Waals surface area contributed by atoms with Gasteiger partial charge < -0.3 is 14.4 Å². The molecule has 1 saturated carbocycles. The molecule has 1 amide bonds. The van der Waals surface area contributed by atoms with Crippen LogP contribution in [0.3, 0.4) is 0 Å². The minimum absolute atomic E-state index is 0.105. The Hall–Kier alpha value is -2.88. The molecule has 2 aliphatic heterocycles. The number of allylic oxidation sites excluding steroid dienone is 1. The molecule has 4 aliphatic rings. The maximum Gasteiger partial charge on any atom is 0.264 e. The summed E-state index contributed by atoms with van der Waals surface area (Å²) in [7, 11) is -2.44. The minimum atomic E-state index is -4.17. The highest BCUT2D eigenvalue weighted by molar-refractivity contribution is 7.90. The molecule has 8 nitrogen and oxygen atoms in total. The van der Waals surface area contributed by atoms with Crippen LogP contribution < -0.4 is 14.4 Å². The van der Waals surface area contributed by atoms with Gasteiger partial charge in [-0.05, 0) is 97.7 Å². The summed E-state index contributed by atoms with van der Waals surface area (Å²) in [5.74, 6) is 0.0994. The lowest BCUT2D eigenvalue weighted by molar-refractivity contribution is -0.118. The lowest BCUT2D eigenvalue weighted by Gasteiger charge is -2.46. The quantitative estimate of drug-likeness (QED) is 0.385. The number of nitrogens with one attached hydrogen (secondary N) is 1. The van der Waals surface area contributed by atoms with E-state index in [-0.39, 0.29) is 41.6 Å². The Bertz CT molecular complexity index is 1630. The number of sulfonamides is 1. The molecule has 1 N–H and O–H groups in total. The second kappa shape index (κ2) is 13.3. The van der Waals surface area contributed by atoms with Crippen LogP contribution in [0, 0.1) is 17.8 Å². The fourth-order valence-electron chi connectivity index (χ4n) is 8.02. The fraction of sp³-hybridized carbons (Fsp3) is 0.556. The Balaban J connectivity index is 1.42. The number of rotatable bonds is 4. The molecule has 2 bridgehead atoms. The van der Waals surface area contributed by atoms with Gasteiger partial charge in [0.25, 0.3) is 5.91 Å². The van der Waals surface area contributed by atoms with Gasteiger partial charge in [0.05, 0.1) is 23.6 Å². The summed E-state index contributed by atoms with van der Waals surface area (Å²) >= 11 is 6.42. The first kappa shape index (κ1) is 33.0. The molecule has 46 heavy (non-hydrogen) atoms. The number of methoxy groups -OCH3 is 1. The maximum absolute atomic E-state index is 13.7.